The fourth-order valence-corrected chi connectivity index (χ4v) is 6.58. The van der Waals surface area contributed by atoms with Crippen LogP contribution >= 0.6 is 12.4 Å². The molecule has 2 fully saturated rings. The van der Waals surface area contributed by atoms with Gasteiger partial charge in [-0.1, -0.05) is 12.8 Å². The molecule has 2 aliphatic rings. The average Bonchev–Trinajstić information content (AvgIpc) is 3.47. The van der Waals surface area contributed by atoms with Gasteiger partial charge in [-0.15, -0.1) is 12.4 Å². The van der Waals surface area contributed by atoms with Crippen LogP contribution < -0.4 is 10.1 Å². The second-order valence-electron chi connectivity index (χ2n) is 9.18. The largest absolute Gasteiger partial charge is 0.496 e. The maximum atomic E-state index is 13.7. The number of nitrogens with one attached hydrogen (secondary N) is 1. The van der Waals surface area contributed by atoms with Crippen LogP contribution in [0.5, 0.6) is 5.75 Å². The normalized spacial score (nSPS) is 18.7. The minimum absolute atomic E-state index is 0. The topological polar surface area (TPSA) is 96.8 Å². The second-order valence-corrected chi connectivity index (χ2v) is 11.1. The van der Waals surface area contributed by atoms with Crippen LogP contribution in [0.25, 0.3) is 0 Å². The van der Waals surface area contributed by atoms with Crippen molar-refractivity contribution in [2.45, 2.75) is 43.2 Å². The molecule has 2 heterocycles. The van der Waals surface area contributed by atoms with E-state index < -0.39 is 15.8 Å². The number of sulfonamides is 1. The number of methoxy groups -OCH3 is 1. The van der Waals surface area contributed by atoms with E-state index in [1.54, 1.807) is 18.5 Å². The van der Waals surface area contributed by atoms with Gasteiger partial charge in [0.1, 0.15) is 11.6 Å². The lowest BCUT2D eigenvalue weighted by Crippen LogP contribution is -2.60. The first-order valence-corrected chi connectivity index (χ1v) is 13.0. The zero-order chi connectivity index (χ0) is 24.5. The van der Waals surface area contributed by atoms with Gasteiger partial charge >= 0.3 is 0 Å². The van der Waals surface area contributed by atoms with Crippen molar-refractivity contribution in [3.63, 3.8) is 0 Å². The van der Waals surface area contributed by atoms with Crippen molar-refractivity contribution >= 4 is 28.3 Å². The molecule has 0 spiro atoms. The molecular weight excluding hydrogens is 497 g/mol. The minimum atomic E-state index is -3.63. The number of aryl methyl sites for hydroxylation is 2. The summed E-state index contributed by atoms with van der Waals surface area (Å²) in [4.78, 5) is 19.4. The molecule has 1 aliphatic carbocycles. The van der Waals surface area contributed by atoms with Gasteiger partial charge in [0.05, 0.1) is 19.0 Å². The Balaban J connectivity index is 0.00000342. The second kappa shape index (κ2) is 10.8. The molecule has 0 bridgehead atoms. The van der Waals surface area contributed by atoms with Crippen LogP contribution in [0.15, 0.2) is 29.7 Å². The molecule has 0 atom stereocenters. The number of piperazine rings is 1. The van der Waals surface area contributed by atoms with Crippen molar-refractivity contribution in [1.29, 1.82) is 0 Å². The monoisotopic (exact) mass is 529 g/mol. The number of ether oxygens (including phenoxy) is 1. The first-order valence-electron chi connectivity index (χ1n) is 11.5. The van der Waals surface area contributed by atoms with E-state index in [1.165, 1.54) is 36.1 Å². The summed E-state index contributed by atoms with van der Waals surface area (Å²) in [6.07, 6.45) is 6.97. The van der Waals surface area contributed by atoms with Crippen LogP contribution in [0, 0.1) is 12.7 Å². The van der Waals surface area contributed by atoms with E-state index in [0.717, 1.165) is 25.7 Å². The van der Waals surface area contributed by atoms with Crippen molar-refractivity contribution in [3.8, 4) is 5.75 Å². The summed E-state index contributed by atoms with van der Waals surface area (Å²) in [5.74, 6) is -0.530. The molecule has 35 heavy (non-hydrogen) atoms. The van der Waals surface area contributed by atoms with Gasteiger partial charge in [-0.05, 0) is 31.4 Å². The number of carbonyl (C=O) groups is 1. The molecule has 4 rings (SSSR count). The van der Waals surface area contributed by atoms with Crippen molar-refractivity contribution in [2.24, 2.45) is 7.05 Å². The molecule has 12 heteroatoms. The molecule has 1 saturated heterocycles. The van der Waals surface area contributed by atoms with E-state index in [0.29, 0.717) is 43.9 Å². The van der Waals surface area contributed by atoms with Crippen molar-refractivity contribution < 1.29 is 22.3 Å². The van der Waals surface area contributed by atoms with Gasteiger partial charge in [0.25, 0.3) is 15.9 Å². The summed E-state index contributed by atoms with van der Waals surface area (Å²) in [5, 5.41) is 3.12. The standard InChI is InChI=1S/C23H32FN5O4S.ClH/c1-17-12-18(24)13-19(33-3)21(17)22(30)25-15-23(6-4-5-7-23)28-8-10-29(11-9-28)34(31,32)20-14-27(2)16-26-20;/h12-14,16H,4-11,15H2,1-3H3,(H,25,30);1H. The number of benzene rings is 1. The van der Waals surface area contributed by atoms with E-state index in [2.05, 4.69) is 15.2 Å². The number of hydrogen-bond donors (Lipinski definition) is 1. The van der Waals surface area contributed by atoms with Crippen LogP contribution in [0.4, 0.5) is 4.39 Å². The van der Waals surface area contributed by atoms with E-state index in [4.69, 9.17) is 4.74 Å². The van der Waals surface area contributed by atoms with Crippen molar-refractivity contribution in [1.82, 2.24) is 24.1 Å². The van der Waals surface area contributed by atoms with Gasteiger partial charge < -0.3 is 14.6 Å². The van der Waals surface area contributed by atoms with Crippen molar-refractivity contribution in [3.05, 3.63) is 41.6 Å². The van der Waals surface area contributed by atoms with Gasteiger partial charge in [0.15, 0.2) is 5.03 Å². The minimum Gasteiger partial charge on any atom is -0.496 e. The van der Waals surface area contributed by atoms with E-state index in [-0.39, 0.29) is 34.6 Å². The summed E-state index contributed by atoms with van der Waals surface area (Å²) in [5.41, 5.74) is 0.629. The predicted molar refractivity (Wildman–Crippen MR) is 132 cm³/mol. The molecule has 1 aromatic carbocycles. The Morgan fingerprint density at radius 2 is 1.86 bits per heavy atom. The highest BCUT2D eigenvalue weighted by Crippen LogP contribution is 2.36. The molecule has 0 radical (unpaired) electrons. The number of amides is 1. The van der Waals surface area contributed by atoms with Gasteiger partial charge in [-0.2, -0.15) is 4.31 Å². The molecular formula is C23H33ClFN5O4S. The van der Waals surface area contributed by atoms with Crippen LogP contribution in [0.3, 0.4) is 0 Å². The first kappa shape index (κ1) is 27.4. The third-order valence-electron chi connectivity index (χ3n) is 7.02. The Labute approximate surface area is 212 Å². The van der Waals surface area contributed by atoms with E-state index in [1.807, 2.05) is 0 Å². The Kier molecular flexibility index (Phi) is 8.46. The number of carbonyl (C=O) groups excluding carboxylic acids is 1. The number of aromatic nitrogens is 2. The third-order valence-corrected chi connectivity index (χ3v) is 8.80. The maximum Gasteiger partial charge on any atom is 0.262 e. The van der Waals surface area contributed by atoms with Crippen molar-refractivity contribution in [2.75, 3.05) is 39.8 Å². The first-order chi connectivity index (χ1) is 16.2. The number of halogens is 2. The van der Waals surface area contributed by atoms with Crippen LogP contribution in [0.1, 0.15) is 41.6 Å². The predicted octanol–water partition coefficient (Wildman–Crippen LogP) is 2.35. The van der Waals surface area contributed by atoms with Gasteiger partial charge in [-0.3, -0.25) is 9.69 Å². The fourth-order valence-electron chi connectivity index (χ4n) is 5.19. The third kappa shape index (κ3) is 5.47. The highest BCUT2D eigenvalue weighted by Gasteiger charge is 2.42. The highest BCUT2D eigenvalue weighted by molar-refractivity contribution is 7.89. The SMILES string of the molecule is COc1cc(F)cc(C)c1C(=O)NCC1(N2CCN(S(=O)(=O)c3cn(C)cn3)CC2)CCCC1.Cl. The summed E-state index contributed by atoms with van der Waals surface area (Å²) in [6.45, 7) is 4.05. The van der Waals surface area contributed by atoms with E-state index in [9.17, 15) is 17.6 Å². The fraction of sp³-hybridized carbons (Fsp3) is 0.565. The van der Waals surface area contributed by atoms with Crippen LogP contribution in [-0.4, -0.2) is 78.5 Å². The average molecular weight is 530 g/mol. The number of hydrogen-bond acceptors (Lipinski definition) is 6. The number of imidazole rings is 1. The summed E-state index contributed by atoms with van der Waals surface area (Å²) >= 11 is 0. The smallest absolute Gasteiger partial charge is 0.262 e. The van der Waals surface area contributed by atoms with Gasteiger partial charge in [-0.25, -0.2) is 17.8 Å². The molecule has 1 amide bonds. The molecule has 1 saturated carbocycles. The lowest BCUT2D eigenvalue weighted by molar-refractivity contribution is 0.0539. The Bertz CT molecular complexity index is 1160. The zero-order valence-corrected chi connectivity index (χ0v) is 21.9. The molecule has 194 valence electrons. The molecule has 2 aromatic rings. The molecule has 1 N–H and O–H groups in total. The zero-order valence-electron chi connectivity index (χ0n) is 20.3. The van der Waals surface area contributed by atoms with Gasteiger partial charge in [0.2, 0.25) is 0 Å². The summed E-state index contributed by atoms with van der Waals surface area (Å²) < 4.78 is 48.0. The van der Waals surface area contributed by atoms with Crippen LogP contribution in [-0.2, 0) is 17.1 Å². The molecule has 1 aliphatic heterocycles. The quantitative estimate of drug-likeness (QED) is 0.591. The Morgan fingerprint density at radius 1 is 1.20 bits per heavy atom. The molecule has 1 aromatic heterocycles. The van der Waals surface area contributed by atoms with E-state index >= 15 is 0 Å². The number of nitrogens with zero attached hydrogens (tertiary/aromatic N) is 4. The summed E-state index contributed by atoms with van der Waals surface area (Å²) in [6, 6.07) is 2.54. The van der Waals surface area contributed by atoms with Gasteiger partial charge in [0, 0.05) is 57.6 Å². The Hall–Kier alpha value is -2.21. The Morgan fingerprint density at radius 3 is 2.43 bits per heavy atom. The highest BCUT2D eigenvalue weighted by atomic mass is 35.5. The van der Waals surface area contributed by atoms with Crippen LogP contribution in [0.2, 0.25) is 0 Å². The lowest BCUT2D eigenvalue weighted by Gasteiger charge is -2.45. The lowest BCUT2D eigenvalue weighted by atomic mass is 9.93. The number of rotatable bonds is 7. The summed E-state index contributed by atoms with van der Waals surface area (Å²) in [7, 11) is -0.465. The molecule has 0 unspecified atom stereocenters. The maximum absolute atomic E-state index is 13.7. The molecule has 9 nitrogen and oxygen atoms in total.